The van der Waals surface area contributed by atoms with Crippen LogP contribution in [0.4, 0.5) is 11.4 Å². The Morgan fingerprint density at radius 2 is 1.06 bits per heavy atom. The van der Waals surface area contributed by atoms with Crippen molar-refractivity contribution in [2.75, 3.05) is 0 Å². The second-order valence-corrected chi connectivity index (χ2v) is 9.23. The first-order valence-electron chi connectivity index (χ1n) is 13.5. The Labute approximate surface area is 203 Å². The Morgan fingerprint density at radius 3 is 1.61 bits per heavy atom. The molecule has 0 amide bonds. The average Bonchev–Trinajstić information content (AvgIpc) is 2.84. The summed E-state index contributed by atoms with van der Waals surface area (Å²) in [5.41, 5.74) is 7.40. The van der Waals surface area contributed by atoms with Crippen LogP contribution in [-0.2, 0) is 12.8 Å². The predicted molar refractivity (Wildman–Crippen MR) is 148 cm³/mol. The van der Waals surface area contributed by atoms with Gasteiger partial charge >= 0.3 is 0 Å². The maximum absolute atomic E-state index is 5.30. The summed E-state index contributed by atoms with van der Waals surface area (Å²) in [6.45, 7) is 9.06. The van der Waals surface area contributed by atoms with Gasteiger partial charge in [0.2, 0.25) is 0 Å². The molecule has 0 heterocycles. The lowest BCUT2D eigenvalue weighted by Crippen LogP contribution is -2.14. The van der Waals surface area contributed by atoms with Crippen LogP contribution in [0, 0.1) is 0 Å². The first kappa shape index (κ1) is 27.0. The molecular formula is C31H46N2. The van der Waals surface area contributed by atoms with Crippen molar-refractivity contribution in [1.29, 1.82) is 0 Å². The Hall–Kier alpha value is -2.22. The topological polar surface area (TPSA) is 24.7 Å². The van der Waals surface area contributed by atoms with Crippen LogP contribution >= 0.6 is 0 Å². The third-order valence-corrected chi connectivity index (χ3v) is 6.08. The van der Waals surface area contributed by atoms with Crippen LogP contribution in [-0.4, -0.2) is 11.4 Å². The van der Waals surface area contributed by atoms with Crippen LogP contribution in [0.25, 0.3) is 0 Å². The van der Waals surface area contributed by atoms with Crippen LogP contribution in [0.2, 0.25) is 0 Å². The quantitative estimate of drug-likeness (QED) is 0.181. The number of rotatable bonds is 16. The van der Waals surface area contributed by atoms with Gasteiger partial charge in [-0.25, -0.2) is 0 Å². The molecule has 180 valence electrons. The Morgan fingerprint density at radius 1 is 0.545 bits per heavy atom. The van der Waals surface area contributed by atoms with Crippen molar-refractivity contribution in [3.8, 4) is 0 Å². The zero-order chi connectivity index (χ0) is 23.7. The number of nitrogens with zero attached hydrogens (tertiary/aromatic N) is 2. The van der Waals surface area contributed by atoms with Crippen LogP contribution in [0.15, 0.2) is 58.5 Å². The summed E-state index contributed by atoms with van der Waals surface area (Å²) in [6, 6.07) is 17.5. The molecule has 0 saturated carbocycles. The molecule has 2 aromatic carbocycles. The van der Waals surface area contributed by atoms with E-state index in [-0.39, 0.29) is 0 Å². The minimum Gasteiger partial charge on any atom is -0.252 e. The molecule has 0 radical (unpaired) electrons. The normalized spacial score (nSPS) is 12.4. The highest BCUT2D eigenvalue weighted by Crippen LogP contribution is 2.24. The van der Waals surface area contributed by atoms with Gasteiger partial charge in [0.15, 0.2) is 0 Å². The molecule has 0 aliphatic rings. The SMILES string of the molecule is CCCCCC(=Nc1cc(CCCC)cc(CCCC)c1)C(CCCC)=Nc1ccccc1. The van der Waals surface area contributed by atoms with Crippen molar-refractivity contribution in [2.45, 2.75) is 111 Å². The summed E-state index contributed by atoms with van der Waals surface area (Å²) in [5.74, 6) is 0. The number of hydrogen-bond donors (Lipinski definition) is 0. The van der Waals surface area contributed by atoms with E-state index < -0.39 is 0 Å². The van der Waals surface area contributed by atoms with Crippen LogP contribution in [0.3, 0.4) is 0 Å². The molecule has 0 atom stereocenters. The number of unbranched alkanes of at least 4 members (excludes halogenated alkanes) is 5. The zero-order valence-electron chi connectivity index (χ0n) is 21.7. The summed E-state index contributed by atoms with van der Waals surface area (Å²) in [5, 5.41) is 0. The molecule has 0 fully saturated rings. The molecule has 2 heteroatoms. The fraction of sp³-hybridized carbons (Fsp3) is 0.548. The molecule has 2 rings (SSSR count). The Bertz CT molecular complexity index is 822. The van der Waals surface area contributed by atoms with Crippen molar-refractivity contribution in [2.24, 2.45) is 9.98 Å². The fourth-order valence-electron chi connectivity index (χ4n) is 4.09. The number of aryl methyl sites for hydroxylation is 2. The minimum absolute atomic E-state index is 0.995. The Kier molecular flexibility index (Phi) is 13.4. The van der Waals surface area contributed by atoms with Crippen molar-refractivity contribution >= 4 is 22.8 Å². The van der Waals surface area contributed by atoms with Gasteiger partial charge in [0, 0.05) is 0 Å². The van der Waals surface area contributed by atoms with Gasteiger partial charge in [0.1, 0.15) is 0 Å². The maximum Gasteiger partial charge on any atom is 0.0639 e. The highest BCUT2D eigenvalue weighted by molar-refractivity contribution is 6.43. The smallest absolute Gasteiger partial charge is 0.0639 e. The zero-order valence-corrected chi connectivity index (χ0v) is 21.7. The molecule has 0 bridgehead atoms. The van der Waals surface area contributed by atoms with Crippen LogP contribution in [0.5, 0.6) is 0 Å². The summed E-state index contributed by atoms with van der Waals surface area (Å²) < 4.78 is 0. The molecule has 0 unspecified atom stereocenters. The van der Waals surface area contributed by atoms with Crippen molar-refractivity contribution in [3.63, 3.8) is 0 Å². The molecular weight excluding hydrogens is 400 g/mol. The molecule has 0 spiro atoms. The highest BCUT2D eigenvalue weighted by atomic mass is 14.8. The summed E-state index contributed by atoms with van der Waals surface area (Å²) >= 11 is 0. The van der Waals surface area contributed by atoms with Gasteiger partial charge in [-0.3, -0.25) is 9.98 Å². The highest BCUT2D eigenvalue weighted by Gasteiger charge is 2.11. The lowest BCUT2D eigenvalue weighted by molar-refractivity contribution is 0.742. The molecule has 0 saturated heterocycles. The van der Waals surface area contributed by atoms with Crippen molar-refractivity contribution < 1.29 is 0 Å². The van der Waals surface area contributed by atoms with Crippen LogP contribution < -0.4 is 0 Å². The molecule has 2 aromatic rings. The van der Waals surface area contributed by atoms with Gasteiger partial charge in [-0.2, -0.15) is 0 Å². The molecule has 0 aliphatic heterocycles. The first-order chi connectivity index (χ1) is 16.2. The van der Waals surface area contributed by atoms with E-state index >= 15 is 0 Å². The van der Waals surface area contributed by atoms with E-state index in [0.29, 0.717) is 0 Å². The fourth-order valence-corrected chi connectivity index (χ4v) is 4.09. The third kappa shape index (κ3) is 10.5. The van der Waals surface area contributed by atoms with Gasteiger partial charge in [0.25, 0.3) is 0 Å². The van der Waals surface area contributed by atoms with E-state index in [9.17, 15) is 0 Å². The van der Waals surface area contributed by atoms with Crippen LogP contribution in [0.1, 0.15) is 109 Å². The summed E-state index contributed by atoms with van der Waals surface area (Å²) in [7, 11) is 0. The van der Waals surface area contributed by atoms with Crippen molar-refractivity contribution in [3.05, 3.63) is 59.7 Å². The van der Waals surface area contributed by atoms with Gasteiger partial charge in [0.05, 0.1) is 22.8 Å². The largest absolute Gasteiger partial charge is 0.252 e. The van der Waals surface area contributed by atoms with E-state index in [4.69, 9.17) is 9.98 Å². The lowest BCUT2D eigenvalue weighted by Gasteiger charge is -2.13. The molecule has 2 nitrogen and oxygen atoms in total. The van der Waals surface area contributed by atoms with Gasteiger partial charge in [-0.1, -0.05) is 84.1 Å². The number of benzene rings is 2. The van der Waals surface area contributed by atoms with E-state index in [1.165, 1.54) is 73.9 Å². The monoisotopic (exact) mass is 446 g/mol. The van der Waals surface area contributed by atoms with Gasteiger partial charge in [-0.05, 0) is 86.8 Å². The number of aliphatic imine (C=N–C) groups is 2. The standard InChI is InChI=1S/C31H46N2/c1-5-9-14-22-31(30(21-12-8-4)32-28-19-15-13-16-20-28)33-29-24-26(17-10-6-2)23-27(25-29)18-11-7-3/h13,15-16,19-20,23-25H,5-12,14,17-18,21-22H2,1-4H3. The summed E-state index contributed by atoms with van der Waals surface area (Å²) in [6.07, 6.45) is 15.2. The van der Waals surface area contributed by atoms with E-state index in [1.54, 1.807) is 0 Å². The lowest BCUT2D eigenvalue weighted by atomic mass is 10.00. The average molecular weight is 447 g/mol. The summed E-state index contributed by atoms with van der Waals surface area (Å²) in [4.78, 5) is 10.4. The first-order valence-corrected chi connectivity index (χ1v) is 13.5. The second-order valence-electron chi connectivity index (χ2n) is 9.23. The minimum atomic E-state index is 0.995. The molecule has 0 aliphatic carbocycles. The molecule has 0 N–H and O–H groups in total. The van der Waals surface area contributed by atoms with Crippen molar-refractivity contribution in [1.82, 2.24) is 0 Å². The number of para-hydroxylation sites is 1. The molecule has 0 aromatic heterocycles. The number of hydrogen-bond acceptors (Lipinski definition) is 2. The second kappa shape index (κ2) is 16.4. The molecule has 33 heavy (non-hydrogen) atoms. The maximum atomic E-state index is 5.30. The third-order valence-electron chi connectivity index (χ3n) is 6.08. The van der Waals surface area contributed by atoms with E-state index in [0.717, 1.165) is 43.5 Å². The van der Waals surface area contributed by atoms with E-state index in [1.807, 2.05) is 0 Å². The van der Waals surface area contributed by atoms with Gasteiger partial charge in [-0.15, -0.1) is 0 Å². The Balaban J connectivity index is 2.48. The van der Waals surface area contributed by atoms with Gasteiger partial charge < -0.3 is 0 Å². The predicted octanol–water partition coefficient (Wildman–Crippen LogP) is 9.99. The van der Waals surface area contributed by atoms with E-state index in [2.05, 4.69) is 76.2 Å².